The molecule has 1 aromatic carbocycles. The van der Waals surface area contributed by atoms with Crippen molar-refractivity contribution in [2.24, 2.45) is 0 Å². The molecule has 0 aliphatic heterocycles. The highest BCUT2D eigenvalue weighted by molar-refractivity contribution is 5.73. The molecule has 1 N–H and O–H groups in total. The highest BCUT2D eigenvalue weighted by atomic mass is 14.9. The minimum Gasteiger partial charge on any atom is -0.307 e. The summed E-state index contributed by atoms with van der Waals surface area (Å²) in [7, 11) is 0. The lowest BCUT2D eigenvalue weighted by atomic mass is 10.1. The summed E-state index contributed by atoms with van der Waals surface area (Å²) < 4.78 is 0. The maximum Gasteiger partial charge on any atom is 0.0890 e. The quantitative estimate of drug-likeness (QED) is 0.815. The van der Waals surface area contributed by atoms with Crippen molar-refractivity contribution in [3.8, 4) is 12.3 Å². The summed E-state index contributed by atoms with van der Waals surface area (Å²) in [6, 6.07) is 8.23. The molecule has 0 aliphatic rings. The maximum absolute atomic E-state index is 5.33. The molecule has 0 bridgehead atoms. The van der Waals surface area contributed by atoms with Crippen LogP contribution in [0.25, 0.3) is 11.0 Å². The van der Waals surface area contributed by atoms with E-state index in [4.69, 9.17) is 6.42 Å². The molecule has 18 heavy (non-hydrogen) atoms. The molecule has 3 nitrogen and oxygen atoms in total. The highest BCUT2D eigenvalue weighted by Gasteiger charge is 2.05. The first-order chi connectivity index (χ1) is 8.83. The molecule has 0 spiro atoms. The zero-order chi connectivity index (χ0) is 12.8. The predicted octanol–water partition coefficient (Wildman–Crippen LogP) is 2.52. The SMILES string of the molecule is C#CCC(CC)NCc1cnc2ccccc2n1. The lowest BCUT2D eigenvalue weighted by molar-refractivity contribution is 0.502. The minimum atomic E-state index is 0.350. The lowest BCUT2D eigenvalue weighted by Crippen LogP contribution is -2.27. The van der Waals surface area contributed by atoms with Gasteiger partial charge < -0.3 is 5.32 Å². The van der Waals surface area contributed by atoms with Gasteiger partial charge in [-0.15, -0.1) is 12.3 Å². The normalized spacial score (nSPS) is 12.2. The number of nitrogens with zero attached hydrogens (tertiary/aromatic N) is 2. The van der Waals surface area contributed by atoms with Gasteiger partial charge in [0, 0.05) is 19.0 Å². The molecule has 0 aliphatic carbocycles. The van der Waals surface area contributed by atoms with E-state index in [1.165, 1.54) is 0 Å². The van der Waals surface area contributed by atoms with E-state index in [1.807, 2.05) is 30.5 Å². The fraction of sp³-hybridized carbons (Fsp3) is 0.333. The van der Waals surface area contributed by atoms with E-state index in [-0.39, 0.29) is 0 Å². The van der Waals surface area contributed by atoms with Crippen LogP contribution in [0.15, 0.2) is 30.5 Å². The summed E-state index contributed by atoms with van der Waals surface area (Å²) >= 11 is 0. The van der Waals surface area contributed by atoms with Crippen LogP contribution in [0, 0.1) is 12.3 Å². The van der Waals surface area contributed by atoms with Crippen LogP contribution in [0.4, 0.5) is 0 Å². The molecule has 2 aromatic rings. The van der Waals surface area contributed by atoms with Crippen molar-refractivity contribution < 1.29 is 0 Å². The second-order valence-corrected chi connectivity index (χ2v) is 4.24. The molecule has 1 aromatic heterocycles. The number of para-hydroxylation sites is 2. The third-order valence-corrected chi connectivity index (χ3v) is 2.93. The Hall–Kier alpha value is -1.92. The van der Waals surface area contributed by atoms with Crippen molar-refractivity contribution in [1.82, 2.24) is 15.3 Å². The molecule has 0 fully saturated rings. The molecule has 0 saturated heterocycles. The van der Waals surface area contributed by atoms with E-state index in [0.29, 0.717) is 12.6 Å². The first-order valence-electron chi connectivity index (χ1n) is 6.21. The molecule has 1 atom stereocenters. The first-order valence-corrected chi connectivity index (χ1v) is 6.21. The topological polar surface area (TPSA) is 37.8 Å². The Labute approximate surface area is 108 Å². The van der Waals surface area contributed by atoms with Crippen LogP contribution in [0.5, 0.6) is 0 Å². The Morgan fingerprint density at radius 1 is 1.33 bits per heavy atom. The Bertz CT molecular complexity index is 557. The number of aromatic nitrogens is 2. The molecule has 2 rings (SSSR count). The summed E-state index contributed by atoms with van der Waals surface area (Å²) in [5, 5.41) is 3.41. The zero-order valence-electron chi connectivity index (χ0n) is 10.6. The Kier molecular flexibility index (Phi) is 4.27. The number of terminal acetylenes is 1. The summed E-state index contributed by atoms with van der Waals surface area (Å²) in [5.74, 6) is 2.69. The summed E-state index contributed by atoms with van der Waals surface area (Å²) in [5.41, 5.74) is 2.81. The van der Waals surface area contributed by atoms with Crippen LogP contribution >= 0.6 is 0 Å². The average Bonchev–Trinajstić information content (AvgIpc) is 2.43. The molecule has 0 amide bonds. The Morgan fingerprint density at radius 3 is 2.83 bits per heavy atom. The van der Waals surface area contributed by atoms with E-state index >= 15 is 0 Å². The third kappa shape index (κ3) is 3.06. The molecule has 92 valence electrons. The lowest BCUT2D eigenvalue weighted by Gasteiger charge is -2.13. The van der Waals surface area contributed by atoms with Gasteiger partial charge in [0.1, 0.15) is 0 Å². The average molecular weight is 239 g/mol. The minimum absolute atomic E-state index is 0.350. The summed E-state index contributed by atoms with van der Waals surface area (Å²) in [4.78, 5) is 8.95. The van der Waals surface area contributed by atoms with Crippen LogP contribution < -0.4 is 5.32 Å². The van der Waals surface area contributed by atoms with Crippen LogP contribution in [0.2, 0.25) is 0 Å². The molecule has 0 saturated carbocycles. The van der Waals surface area contributed by atoms with Gasteiger partial charge in [-0.05, 0) is 18.6 Å². The van der Waals surface area contributed by atoms with E-state index in [1.54, 1.807) is 0 Å². The van der Waals surface area contributed by atoms with Crippen molar-refractivity contribution in [3.05, 3.63) is 36.2 Å². The summed E-state index contributed by atoms with van der Waals surface area (Å²) in [6.07, 6.45) is 8.91. The monoisotopic (exact) mass is 239 g/mol. The number of hydrogen-bond donors (Lipinski definition) is 1. The molecular formula is C15H17N3. The largest absolute Gasteiger partial charge is 0.307 e. The second kappa shape index (κ2) is 6.13. The van der Waals surface area contributed by atoms with Crippen molar-refractivity contribution in [2.45, 2.75) is 32.4 Å². The van der Waals surface area contributed by atoms with Crippen molar-refractivity contribution in [3.63, 3.8) is 0 Å². The van der Waals surface area contributed by atoms with Gasteiger partial charge in [-0.25, -0.2) is 4.98 Å². The number of benzene rings is 1. The van der Waals surface area contributed by atoms with Crippen molar-refractivity contribution >= 4 is 11.0 Å². The van der Waals surface area contributed by atoms with Crippen molar-refractivity contribution in [2.75, 3.05) is 0 Å². The van der Waals surface area contributed by atoms with Gasteiger partial charge in [-0.1, -0.05) is 19.1 Å². The van der Waals surface area contributed by atoms with Crippen LogP contribution in [-0.4, -0.2) is 16.0 Å². The van der Waals surface area contributed by atoms with Gasteiger partial charge >= 0.3 is 0 Å². The van der Waals surface area contributed by atoms with Crippen LogP contribution in [0.1, 0.15) is 25.5 Å². The smallest absolute Gasteiger partial charge is 0.0890 e. The number of nitrogens with one attached hydrogen (secondary N) is 1. The van der Waals surface area contributed by atoms with Crippen molar-refractivity contribution in [1.29, 1.82) is 0 Å². The number of fused-ring (bicyclic) bond motifs is 1. The molecule has 1 heterocycles. The summed E-state index contributed by atoms with van der Waals surface area (Å²) in [6.45, 7) is 2.83. The first kappa shape index (κ1) is 12.5. The van der Waals surface area contributed by atoms with Gasteiger partial charge in [-0.2, -0.15) is 0 Å². The van der Waals surface area contributed by atoms with Gasteiger partial charge in [-0.3, -0.25) is 4.98 Å². The van der Waals surface area contributed by atoms with E-state index < -0.39 is 0 Å². The highest BCUT2D eigenvalue weighted by Crippen LogP contribution is 2.08. The standard InChI is InChI=1S/C15H17N3/c1-3-7-12(4-2)16-10-13-11-17-14-8-5-6-9-15(14)18-13/h1,5-6,8-9,11-12,16H,4,7,10H2,2H3. The van der Waals surface area contributed by atoms with E-state index in [2.05, 4.69) is 28.1 Å². The Balaban J connectivity index is 2.06. The second-order valence-electron chi connectivity index (χ2n) is 4.24. The van der Waals surface area contributed by atoms with Gasteiger partial charge in [0.05, 0.1) is 22.9 Å². The third-order valence-electron chi connectivity index (χ3n) is 2.93. The Morgan fingerprint density at radius 2 is 2.11 bits per heavy atom. The predicted molar refractivity (Wildman–Crippen MR) is 73.9 cm³/mol. The zero-order valence-corrected chi connectivity index (χ0v) is 10.6. The van der Waals surface area contributed by atoms with Crippen LogP contribution in [-0.2, 0) is 6.54 Å². The fourth-order valence-electron chi connectivity index (χ4n) is 1.83. The maximum atomic E-state index is 5.33. The molecule has 0 radical (unpaired) electrons. The van der Waals surface area contributed by atoms with E-state index in [9.17, 15) is 0 Å². The number of hydrogen-bond acceptors (Lipinski definition) is 3. The molecule has 1 unspecified atom stereocenters. The van der Waals surface area contributed by atoms with Gasteiger partial charge in [0.15, 0.2) is 0 Å². The molecular weight excluding hydrogens is 222 g/mol. The van der Waals surface area contributed by atoms with Crippen LogP contribution in [0.3, 0.4) is 0 Å². The molecule has 3 heteroatoms. The van der Waals surface area contributed by atoms with E-state index in [0.717, 1.165) is 29.6 Å². The number of rotatable bonds is 5. The van der Waals surface area contributed by atoms with Gasteiger partial charge in [0.2, 0.25) is 0 Å². The van der Waals surface area contributed by atoms with Gasteiger partial charge in [0.25, 0.3) is 0 Å². The fourth-order valence-corrected chi connectivity index (χ4v) is 1.83.